The third kappa shape index (κ3) is 2.59. The highest BCUT2D eigenvalue weighted by Gasteiger charge is 2.13. The van der Waals surface area contributed by atoms with Crippen molar-refractivity contribution in [3.05, 3.63) is 57.3 Å². The molecule has 3 heteroatoms. The Bertz CT molecular complexity index is 680. The molecule has 0 saturated heterocycles. The van der Waals surface area contributed by atoms with Crippen LogP contribution in [0.15, 0.2) is 35.7 Å². The lowest BCUT2D eigenvalue weighted by Crippen LogP contribution is -2.00. The van der Waals surface area contributed by atoms with Crippen LogP contribution in [-0.4, -0.2) is 5.11 Å². The molecule has 0 aliphatic rings. The van der Waals surface area contributed by atoms with Gasteiger partial charge in [0.15, 0.2) is 0 Å². The molecular formula is C16H16OS2. The van der Waals surface area contributed by atoms with Gasteiger partial charge in [-0.1, -0.05) is 18.2 Å². The molecule has 1 N–H and O–H groups in total. The SMILES string of the molecule is Cc1ccc(CC(O)c2cc3sccc3s2)cc1C. The molecule has 1 nitrogen and oxygen atoms in total. The summed E-state index contributed by atoms with van der Waals surface area (Å²) in [6.45, 7) is 4.23. The monoisotopic (exact) mass is 288 g/mol. The third-order valence-electron chi connectivity index (χ3n) is 3.49. The number of hydrogen-bond donors (Lipinski definition) is 1. The van der Waals surface area contributed by atoms with Gasteiger partial charge in [0.25, 0.3) is 0 Å². The van der Waals surface area contributed by atoms with Crippen molar-refractivity contribution >= 4 is 32.1 Å². The van der Waals surface area contributed by atoms with E-state index in [1.165, 1.54) is 26.1 Å². The first-order valence-corrected chi connectivity index (χ1v) is 8.04. The molecule has 0 amide bonds. The van der Waals surface area contributed by atoms with Crippen LogP contribution < -0.4 is 0 Å². The number of aliphatic hydroxyl groups excluding tert-OH is 1. The standard InChI is InChI=1S/C16H16OS2/c1-10-3-4-12(7-11(10)2)8-13(17)15-9-16-14(19-15)5-6-18-16/h3-7,9,13,17H,8H2,1-2H3. The quantitative estimate of drug-likeness (QED) is 0.730. The lowest BCUT2D eigenvalue weighted by molar-refractivity contribution is 0.182. The van der Waals surface area contributed by atoms with E-state index in [0.717, 1.165) is 4.88 Å². The van der Waals surface area contributed by atoms with Crippen LogP contribution in [0.4, 0.5) is 0 Å². The van der Waals surface area contributed by atoms with Crippen LogP contribution in [0.1, 0.15) is 27.7 Å². The highest BCUT2D eigenvalue weighted by Crippen LogP contribution is 2.34. The van der Waals surface area contributed by atoms with Crippen molar-refractivity contribution in [1.82, 2.24) is 0 Å². The zero-order chi connectivity index (χ0) is 13.4. The van der Waals surface area contributed by atoms with Crippen LogP contribution in [0.3, 0.4) is 0 Å². The molecule has 0 spiro atoms. The van der Waals surface area contributed by atoms with Gasteiger partial charge in [-0.2, -0.15) is 0 Å². The van der Waals surface area contributed by atoms with Gasteiger partial charge in [-0.3, -0.25) is 0 Å². The third-order valence-corrected chi connectivity index (χ3v) is 5.68. The predicted octanol–water partition coefficient (Wildman–Crippen LogP) is 4.86. The average Bonchev–Trinajstić information content (AvgIpc) is 2.94. The fraction of sp³-hybridized carbons (Fsp3) is 0.250. The van der Waals surface area contributed by atoms with E-state index in [2.05, 4.69) is 49.6 Å². The topological polar surface area (TPSA) is 20.2 Å². The lowest BCUT2D eigenvalue weighted by Gasteiger charge is -2.10. The zero-order valence-corrected chi connectivity index (χ0v) is 12.6. The number of hydrogen-bond acceptors (Lipinski definition) is 3. The Hall–Kier alpha value is -1.16. The molecule has 3 aromatic rings. The second-order valence-corrected chi connectivity index (χ2v) is 7.00. The number of aryl methyl sites for hydroxylation is 2. The maximum Gasteiger partial charge on any atom is 0.0922 e. The Morgan fingerprint density at radius 2 is 1.89 bits per heavy atom. The first-order valence-electron chi connectivity index (χ1n) is 6.34. The smallest absolute Gasteiger partial charge is 0.0922 e. The lowest BCUT2D eigenvalue weighted by atomic mass is 10.0. The number of thiophene rings is 2. The summed E-state index contributed by atoms with van der Waals surface area (Å²) in [7, 11) is 0. The molecule has 2 aromatic heterocycles. The molecule has 3 rings (SSSR count). The Morgan fingerprint density at radius 3 is 2.63 bits per heavy atom. The van der Waals surface area contributed by atoms with Gasteiger partial charge in [0.05, 0.1) is 6.10 Å². The summed E-state index contributed by atoms with van der Waals surface area (Å²) in [4.78, 5) is 1.07. The maximum atomic E-state index is 10.4. The van der Waals surface area contributed by atoms with Crippen LogP contribution in [-0.2, 0) is 6.42 Å². The molecule has 0 saturated carbocycles. The maximum absolute atomic E-state index is 10.4. The summed E-state index contributed by atoms with van der Waals surface area (Å²) in [5.41, 5.74) is 3.79. The number of fused-ring (bicyclic) bond motifs is 1. The van der Waals surface area contributed by atoms with Crippen LogP contribution in [0.5, 0.6) is 0 Å². The molecule has 0 aliphatic carbocycles. The minimum Gasteiger partial charge on any atom is -0.387 e. The Morgan fingerprint density at radius 1 is 1.05 bits per heavy atom. The molecular weight excluding hydrogens is 272 g/mol. The van der Waals surface area contributed by atoms with Crippen molar-refractivity contribution < 1.29 is 5.11 Å². The number of rotatable bonds is 3. The van der Waals surface area contributed by atoms with Gasteiger partial charge in [-0.15, -0.1) is 22.7 Å². The molecule has 19 heavy (non-hydrogen) atoms. The minimum atomic E-state index is -0.397. The van der Waals surface area contributed by atoms with E-state index in [0.29, 0.717) is 6.42 Å². The first-order chi connectivity index (χ1) is 9.13. The Balaban J connectivity index is 1.82. The fourth-order valence-corrected chi connectivity index (χ4v) is 4.31. The highest BCUT2D eigenvalue weighted by atomic mass is 32.1. The Kier molecular flexibility index (Phi) is 3.44. The summed E-state index contributed by atoms with van der Waals surface area (Å²) >= 11 is 3.43. The van der Waals surface area contributed by atoms with E-state index in [1.807, 2.05) is 0 Å². The van der Waals surface area contributed by atoms with Gasteiger partial charge in [0.2, 0.25) is 0 Å². The van der Waals surface area contributed by atoms with Gasteiger partial charge in [0, 0.05) is 20.7 Å². The minimum absolute atomic E-state index is 0.397. The van der Waals surface area contributed by atoms with Crippen LogP contribution in [0.2, 0.25) is 0 Å². The normalized spacial score (nSPS) is 13.0. The van der Waals surface area contributed by atoms with E-state index in [1.54, 1.807) is 22.7 Å². The van der Waals surface area contributed by atoms with Crippen LogP contribution in [0.25, 0.3) is 9.40 Å². The molecule has 1 unspecified atom stereocenters. The molecule has 1 atom stereocenters. The second-order valence-electron chi connectivity index (χ2n) is 4.94. The highest BCUT2D eigenvalue weighted by molar-refractivity contribution is 7.26. The fourth-order valence-electron chi connectivity index (χ4n) is 2.20. The molecule has 98 valence electrons. The predicted molar refractivity (Wildman–Crippen MR) is 84.3 cm³/mol. The van der Waals surface area contributed by atoms with Crippen molar-refractivity contribution in [3.63, 3.8) is 0 Å². The van der Waals surface area contributed by atoms with Crippen molar-refractivity contribution in [2.75, 3.05) is 0 Å². The summed E-state index contributed by atoms with van der Waals surface area (Å²) in [6, 6.07) is 10.7. The molecule has 1 aromatic carbocycles. The molecule has 0 radical (unpaired) electrons. The van der Waals surface area contributed by atoms with Gasteiger partial charge >= 0.3 is 0 Å². The van der Waals surface area contributed by atoms with Crippen molar-refractivity contribution in [3.8, 4) is 0 Å². The summed E-state index contributed by atoms with van der Waals surface area (Å²) in [5.74, 6) is 0. The summed E-state index contributed by atoms with van der Waals surface area (Å²) in [6.07, 6.45) is 0.293. The number of benzene rings is 1. The van der Waals surface area contributed by atoms with Crippen molar-refractivity contribution in [2.24, 2.45) is 0 Å². The molecule has 0 bridgehead atoms. The first kappa shape index (κ1) is 12.9. The van der Waals surface area contributed by atoms with E-state index >= 15 is 0 Å². The van der Waals surface area contributed by atoms with Crippen LogP contribution in [0, 0.1) is 13.8 Å². The average molecular weight is 288 g/mol. The number of aliphatic hydroxyl groups is 1. The van der Waals surface area contributed by atoms with Gasteiger partial charge < -0.3 is 5.11 Å². The van der Waals surface area contributed by atoms with E-state index < -0.39 is 6.10 Å². The van der Waals surface area contributed by atoms with Crippen molar-refractivity contribution in [2.45, 2.75) is 26.4 Å². The zero-order valence-electron chi connectivity index (χ0n) is 11.0. The van der Waals surface area contributed by atoms with Crippen LogP contribution >= 0.6 is 22.7 Å². The summed E-state index contributed by atoms with van der Waals surface area (Å²) < 4.78 is 2.55. The van der Waals surface area contributed by atoms with Gasteiger partial charge in [-0.05, 0) is 48.1 Å². The van der Waals surface area contributed by atoms with E-state index in [-0.39, 0.29) is 0 Å². The molecule has 2 heterocycles. The van der Waals surface area contributed by atoms with E-state index in [4.69, 9.17) is 0 Å². The van der Waals surface area contributed by atoms with Crippen molar-refractivity contribution in [1.29, 1.82) is 0 Å². The molecule has 0 fully saturated rings. The largest absolute Gasteiger partial charge is 0.387 e. The molecule has 0 aliphatic heterocycles. The summed E-state index contributed by atoms with van der Waals surface area (Å²) in [5, 5.41) is 12.5. The van der Waals surface area contributed by atoms with E-state index in [9.17, 15) is 5.11 Å². The van der Waals surface area contributed by atoms with Gasteiger partial charge in [-0.25, -0.2) is 0 Å². The van der Waals surface area contributed by atoms with Gasteiger partial charge in [0.1, 0.15) is 0 Å². The Labute approximate surface area is 121 Å². The second kappa shape index (κ2) is 5.08.